The van der Waals surface area contributed by atoms with Crippen LogP contribution in [0.3, 0.4) is 0 Å². The number of carboxylic acid groups (broad SMARTS) is 1. The van der Waals surface area contributed by atoms with Crippen molar-refractivity contribution < 1.29 is 27.8 Å². The van der Waals surface area contributed by atoms with Gasteiger partial charge >= 0.3 is 5.97 Å². The molecule has 0 spiro atoms. The fraction of sp³-hybridized carbons (Fsp3) is 0.208. The second kappa shape index (κ2) is 10.2. The van der Waals surface area contributed by atoms with Gasteiger partial charge in [-0.1, -0.05) is 30.3 Å². The maximum absolute atomic E-state index is 13.1. The van der Waals surface area contributed by atoms with Gasteiger partial charge in [-0.05, 0) is 60.7 Å². The summed E-state index contributed by atoms with van der Waals surface area (Å²) >= 11 is 0. The van der Waals surface area contributed by atoms with E-state index in [1.54, 1.807) is 42.5 Å². The summed E-state index contributed by atoms with van der Waals surface area (Å²) in [7, 11) is -1.05. The average molecular weight is 456 g/mol. The number of benzene rings is 3. The molecule has 0 aliphatic heterocycles. The Morgan fingerprint density at radius 1 is 0.938 bits per heavy atom. The van der Waals surface area contributed by atoms with Crippen LogP contribution in [0, 0.1) is 0 Å². The summed E-state index contributed by atoms with van der Waals surface area (Å²) in [5.74, 6) is -0.336. The van der Waals surface area contributed by atoms with Crippen molar-refractivity contribution in [3.05, 3.63) is 83.4 Å². The number of hydrogen-bond acceptors (Lipinski definition) is 5. The molecular weight excluding hydrogens is 430 g/mol. The molecule has 0 bridgehead atoms. The van der Waals surface area contributed by atoms with Gasteiger partial charge in [0, 0.05) is 6.07 Å². The smallest absolute Gasteiger partial charge is 0.335 e. The van der Waals surface area contributed by atoms with Crippen LogP contribution >= 0.6 is 0 Å². The number of para-hydroxylation sites is 1. The molecule has 0 unspecified atom stereocenters. The van der Waals surface area contributed by atoms with Crippen LogP contribution in [0.25, 0.3) is 0 Å². The van der Waals surface area contributed by atoms with E-state index in [0.717, 1.165) is 17.5 Å². The van der Waals surface area contributed by atoms with E-state index in [-0.39, 0.29) is 16.2 Å². The van der Waals surface area contributed by atoms with Gasteiger partial charge < -0.3 is 14.6 Å². The summed E-state index contributed by atoms with van der Waals surface area (Å²) in [5, 5.41) is 9.14. The minimum absolute atomic E-state index is 0.0142. The van der Waals surface area contributed by atoms with E-state index in [1.807, 2.05) is 18.2 Å². The Balaban J connectivity index is 1.77. The van der Waals surface area contributed by atoms with E-state index in [4.69, 9.17) is 14.6 Å². The minimum atomic E-state index is -3.92. The Kier molecular flexibility index (Phi) is 7.37. The lowest BCUT2D eigenvalue weighted by atomic mass is 10.0. The lowest BCUT2D eigenvalue weighted by Gasteiger charge is -2.15. The van der Waals surface area contributed by atoms with Crippen molar-refractivity contribution in [1.82, 2.24) is 0 Å². The molecule has 0 amide bonds. The van der Waals surface area contributed by atoms with E-state index >= 15 is 0 Å². The fourth-order valence-corrected chi connectivity index (χ4v) is 4.66. The van der Waals surface area contributed by atoms with Crippen LogP contribution in [0.1, 0.15) is 27.9 Å². The first kappa shape index (κ1) is 23.1. The molecule has 168 valence electrons. The maximum Gasteiger partial charge on any atom is 0.335 e. The van der Waals surface area contributed by atoms with E-state index in [1.165, 1.54) is 20.3 Å². The van der Waals surface area contributed by atoms with Gasteiger partial charge in [-0.2, -0.15) is 0 Å². The highest BCUT2D eigenvalue weighted by molar-refractivity contribution is 7.92. The number of hydrogen-bond donors (Lipinski definition) is 2. The van der Waals surface area contributed by atoms with Crippen LogP contribution in [0.4, 0.5) is 5.69 Å². The summed E-state index contributed by atoms with van der Waals surface area (Å²) in [5.41, 5.74) is 2.50. The molecule has 3 aromatic carbocycles. The molecule has 0 aliphatic carbocycles. The third-order valence-electron chi connectivity index (χ3n) is 5.01. The molecule has 0 fully saturated rings. The number of aromatic carboxylic acids is 1. The Bertz CT molecular complexity index is 1210. The van der Waals surface area contributed by atoms with Crippen molar-refractivity contribution in [2.24, 2.45) is 0 Å². The van der Waals surface area contributed by atoms with Crippen molar-refractivity contribution in [2.75, 3.05) is 18.9 Å². The lowest BCUT2D eigenvalue weighted by molar-refractivity contribution is 0.0696. The number of carbonyl (C=O) groups is 1. The Morgan fingerprint density at radius 2 is 1.72 bits per heavy atom. The first-order chi connectivity index (χ1) is 15.3. The second-order valence-electron chi connectivity index (χ2n) is 7.14. The normalized spacial score (nSPS) is 11.1. The van der Waals surface area contributed by atoms with Crippen LogP contribution < -0.4 is 14.2 Å². The zero-order chi connectivity index (χ0) is 23.1. The highest BCUT2D eigenvalue weighted by atomic mass is 32.2. The molecule has 0 aliphatic rings. The molecular formula is C24H25NO6S. The summed E-state index contributed by atoms with van der Waals surface area (Å²) in [6.45, 7) is 0. The summed E-state index contributed by atoms with van der Waals surface area (Å²) in [6, 6.07) is 18.6. The number of carboxylic acids is 1. The first-order valence-electron chi connectivity index (χ1n) is 9.99. The van der Waals surface area contributed by atoms with Gasteiger partial charge in [0.05, 0.1) is 25.5 Å². The summed E-state index contributed by atoms with van der Waals surface area (Å²) in [4.78, 5) is 11.1. The average Bonchev–Trinajstić information content (AvgIpc) is 2.79. The van der Waals surface area contributed by atoms with Crippen molar-refractivity contribution in [2.45, 2.75) is 24.2 Å². The number of aryl methyl sites for hydroxylation is 2. The third-order valence-corrected chi connectivity index (χ3v) is 6.39. The molecule has 3 aromatic rings. The zero-order valence-corrected chi connectivity index (χ0v) is 18.7. The number of methoxy groups -OCH3 is 2. The molecule has 0 atom stereocenters. The number of nitrogens with one attached hydrogen (secondary N) is 1. The predicted molar refractivity (Wildman–Crippen MR) is 122 cm³/mol. The van der Waals surface area contributed by atoms with Gasteiger partial charge in [0.15, 0.2) is 0 Å². The Hall–Kier alpha value is -3.52. The van der Waals surface area contributed by atoms with Gasteiger partial charge in [-0.3, -0.25) is 4.72 Å². The largest absolute Gasteiger partial charge is 0.497 e. The van der Waals surface area contributed by atoms with Crippen LogP contribution in [0.15, 0.2) is 71.6 Å². The monoisotopic (exact) mass is 455 g/mol. The molecule has 7 nitrogen and oxygen atoms in total. The van der Waals surface area contributed by atoms with E-state index in [2.05, 4.69) is 4.72 Å². The van der Waals surface area contributed by atoms with Gasteiger partial charge in [-0.15, -0.1) is 0 Å². The molecule has 0 saturated heterocycles. The van der Waals surface area contributed by atoms with Crippen molar-refractivity contribution >= 4 is 21.7 Å². The standard InChI is InChI=1S/C24H25NO6S/c1-30-20-13-14-22(31-2)23(16-20)32(28,29)25-21-12-4-3-9-18(21)10-5-7-17-8-6-11-19(15-17)24(26)27/h3-4,6,8-9,11-16,25H,5,7,10H2,1-2H3,(H,26,27). The number of ether oxygens (including phenoxy) is 2. The minimum Gasteiger partial charge on any atom is -0.497 e. The molecule has 32 heavy (non-hydrogen) atoms. The lowest BCUT2D eigenvalue weighted by Crippen LogP contribution is -2.15. The SMILES string of the molecule is COc1ccc(OC)c(S(=O)(=O)Nc2ccccc2CCCc2cccc(C(=O)O)c2)c1. The molecule has 0 aromatic heterocycles. The quantitative estimate of drug-likeness (QED) is 0.470. The number of anilines is 1. The molecule has 2 N–H and O–H groups in total. The van der Waals surface area contributed by atoms with Crippen molar-refractivity contribution in [3.8, 4) is 11.5 Å². The predicted octanol–water partition coefficient (Wildman–Crippen LogP) is 4.38. The third kappa shape index (κ3) is 5.59. The van der Waals surface area contributed by atoms with Crippen LogP contribution in [-0.4, -0.2) is 33.7 Å². The summed E-state index contributed by atoms with van der Waals surface area (Å²) in [6.07, 6.45) is 2.02. The first-order valence-corrected chi connectivity index (χ1v) is 11.5. The van der Waals surface area contributed by atoms with Crippen LogP contribution in [-0.2, 0) is 22.9 Å². The summed E-state index contributed by atoms with van der Waals surface area (Å²) < 4.78 is 39.2. The fourth-order valence-electron chi connectivity index (χ4n) is 3.37. The molecule has 3 rings (SSSR count). The van der Waals surface area contributed by atoms with Crippen LogP contribution in [0.5, 0.6) is 11.5 Å². The topological polar surface area (TPSA) is 102 Å². The Labute approximate surface area is 187 Å². The van der Waals surface area contributed by atoms with Gasteiger partial charge in [0.1, 0.15) is 16.4 Å². The zero-order valence-electron chi connectivity index (χ0n) is 17.9. The maximum atomic E-state index is 13.1. The van der Waals surface area contributed by atoms with Gasteiger partial charge in [0.25, 0.3) is 10.0 Å². The van der Waals surface area contributed by atoms with E-state index < -0.39 is 16.0 Å². The molecule has 0 saturated carbocycles. The van der Waals surface area contributed by atoms with E-state index in [0.29, 0.717) is 24.3 Å². The van der Waals surface area contributed by atoms with Gasteiger partial charge in [-0.25, -0.2) is 13.2 Å². The Morgan fingerprint density at radius 3 is 2.44 bits per heavy atom. The van der Waals surface area contributed by atoms with Crippen molar-refractivity contribution in [3.63, 3.8) is 0 Å². The highest BCUT2D eigenvalue weighted by Gasteiger charge is 2.21. The molecule has 0 heterocycles. The van der Waals surface area contributed by atoms with Crippen LogP contribution in [0.2, 0.25) is 0 Å². The van der Waals surface area contributed by atoms with E-state index in [9.17, 15) is 13.2 Å². The van der Waals surface area contributed by atoms with Crippen molar-refractivity contribution in [1.29, 1.82) is 0 Å². The number of sulfonamides is 1. The highest BCUT2D eigenvalue weighted by Crippen LogP contribution is 2.30. The second-order valence-corrected chi connectivity index (χ2v) is 8.79. The molecule has 0 radical (unpaired) electrons. The molecule has 8 heteroatoms. The van der Waals surface area contributed by atoms with Gasteiger partial charge in [0.2, 0.25) is 0 Å². The number of rotatable bonds is 10.